The fraction of sp³-hybridized carbons (Fsp3) is 0.100. The van der Waals surface area contributed by atoms with Gasteiger partial charge in [-0.2, -0.15) is 4.39 Å². The maximum atomic E-state index is 13.1. The molecule has 0 unspecified atom stereocenters. The summed E-state index contributed by atoms with van der Waals surface area (Å²) in [6.07, 6.45) is 1.45. The number of pyridine rings is 1. The second-order valence-corrected chi connectivity index (χ2v) is 2.69. The first-order chi connectivity index (χ1) is 6.31. The molecule has 0 saturated heterocycles. The second-order valence-electron chi connectivity index (χ2n) is 2.69. The number of hydrogen-bond acceptors (Lipinski definition) is 2. The van der Waals surface area contributed by atoms with Crippen LogP contribution in [0.5, 0.6) is 5.75 Å². The molecule has 0 radical (unpaired) electrons. The molecule has 0 bridgehead atoms. The molecule has 2 aromatic rings. The standard InChI is InChI=1S/C10H8FNO/c1-13-8-3-2-7-4-5-12-10(11)9(7)6-8/h2-6H,1H3. The Morgan fingerprint density at radius 1 is 1.31 bits per heavy atom. The first-order valence-corrected chi connectivity index (χ1v) is 3.89. The van der Waals surface area contributed by atoms with Crippen LogP contribution >= 0.6 is 0 Å². The SMILES string of the molecule is COc1ccc2ccnc(F)c2c1. The molecule has 0 saturated carbocycles. The average molecular weight is 177 g/mol. The normalized spacial score (nSPS) is 10.3. The summed E-state index contributed by atoms with van der Waals surface area (Å²) in [4.78, 5) is 3.56. The molecule has 0 N–H and O–H groups in total. The third-order valence-electron chi connectivity index (χ3n) is 1.92. The summed E-state index contributed by atoms with van der Waals surface area (Å²) in [6, 6.07) is 7.00. The molecule has 1 heterocycles. The van der Waals surface area contributed by atoms with E-state index < -0.39 is 5.95 Å². The number of methoxy groups -OCH3 is 1. The first-order valence-electron chi connectivity index (χ1n) is 3.89. The lowest BCUT2D eigenvalue weighted by molar-refractivity contribution is 0.415. The van der Waals surface area contributed by atoms with Crippen molar-refractivity contribution in [2.45, 2.75) is 0 Å². The second kappa shape index (κ2) is 3.01. The lowest BCUT2D eigenvalue weighted by Gasteiger charge is -2.01. The fourth-order valence-corrected chi connectivity index (χ4v) is 1.24. The van der Waals surface area contributed by atoms with Gasteiger partial charge in [0, 0.05) is 11.6 Å². The van der Waals surface area contributed by atoms with E-state index in [1.807, 2.05) is 0 Å². The molecule has 0 fully saturated rings. The van der Waals surface area contributed by atoms with Crippen molar-refractivity contribution in [3.63, 3.8) is 0 Å². The fourth-order valence-electron chi connectivity index (χ4n) is 1.24. The van der Waals surface area contributed by atoms with Crippen molar-refractivity contribution in [2.75, 3.05) is 7.11 Å². The van der Waals surface area contributed by atoms with Gasteiger partial charge in [0.1, 0.15) is 5.75 Å². The Morgan fingerprint density at radius 3 is 2.92 bits per heavy atom. The van der Waals surface area contributed by atoms with Gasteiger partial charge in [0.2, 0.25) is 5.95 Å². The number of ether oxygens (including phenoxy) is 1. The number of rotatable bonds is 1. The lowest BCUT2D eigenvalue weighted by Crippen LogP contribution is -1.86. The van der Waals surface area contributed by atoms with Crippen LogP contribution in [0.1, 0.15) is 0 Å². The predicted molar refractivity (Wildman–Crippen MR) is 48.3 cm³/mol. The molecule has 0 amide bonds. The van der Waals surface area contributed by atoms with E-state index in [4.69, 9.17) is 4.74 Å². The van der Waals surface area contributed by atoms with Gasteiger partial charge in [0.25, 0.3) is 0 Å². The molecule has 13 heavy (non-hydrogen) atoms. The topological polar surface area (TPSA) is 22.1 Å². The van der Waals surface area contributed by atoms with Gasteiger partial charge in [-0.1, -0.05) is 6.07 Å². The zero-order valence-electron chi connectivity index (χ0n) is 7.12. The minimum atomic E-state index is -0.462. The van der Waals surface area contributed by atoms with Gasteiger partial charge in [-0.15, -0.1) is 0 Å². The van der Waals surface area contributed by atoms with Crippen LogP contribution in [0.3, 0.4) is 0 Å². The van der Waals surface area contributed by atoms with E-state index in [-0.39, 0.29) is 0 Å². The quantitative estimate of drug-likeness (QED) is 0.624. The maximum Gasteiger partial charge on any atom is 0.220 e. The van der Waals surface area contributed by atoms with Gasteiger partial charge in [0.05, 0.1) is 7.11 Å². The van der Waals surface area contributed by atoms with E-state index in [2.05, 4.69) is 4.98 Å². The van der Waals surface area contributed by atoms with Gasteiger partial charge < -0.3 is 4.74 Å². The van der Waals surface area contributed by atoms with Crippen molar-refractivity contribution >= 4 is 10.8 Å². The highest BCUT2D eigenvalue weighted by atomic mass is 19.1. The summed E-state index contributed by atoms with van der Waals surface area (Å²) in [5.41, 5.74) is 0. The molecule has 0 atom stereocenters. The maximum absolute atomic E-state index is 13.1. The van der Waals surface area contributed by atoms with Crippen LogP contribution < -0.4 is 4.74 Å². The third-order valence-corrected chi connectivity index (χ3v) is 1.92. The number of hydrogen-bond donors (Lipinski definition) is 0. The molecule has 2 nitrogen and oxygen atoms in total. The van der Waals surface area contributed by atoms with Crippen molar-refractivity contribution < 1.29 is 9.13 Å². The molecule has 66 valence electrons. The molecule has 1 aromatic carbocycles. The molecule has 3 heteroatoms. The number of aromatic nitrogens is 1. The van der Waals surface area contributed by atoms with Crippen LogP contribution in [-0.4, -0.2) is 12.1 Å². The van der Waals surface area contributed by atoms with Crippen molar-refractivity contribution in [1.82, 2.24) is 4.98 Å². The largest absolute Gasteiger partial charge is 0.497 e. The van der Waals surface area contributed by atoms with Crippen LogP contribution in [0.2, 0.25) is 0 Å². The van der Waals surface area contributed by atoms with Crippen molar-refractivity contribution in [1.29, 1.82) is 0 Å². The smallest absolute Gasteiger partial charge is 0.220 e. The Kier molecular flexibility index (Phi) is 1.85. The van der Waals surface area contributed by atoms with E-state index in [0.717, 1.165) is 5.39 Å². The van der Waals surface area contributed by atoms with E-state index in [9.17, 15) is 4.39 Å². The zero-order valence-corrected chi connectivity index (χ0v) is 7.12. The Balaban J connectivity index is 2.74. The van der Waals surface area contributed by atoms with E-state index >= 15 is 0 Å². The average Bonchev–Trinajstić information content (AvgIpc) is 2.18. The molecule has 0 aliphatic heterocycles. The van der Waals surface area contributed by atoms with Gasteiger partial charge in [-0.25, -0.2) is 4.98 Å². The van der Waals surface area contributed by atoms with Crippen molar-refractivity contribution in [3.05, 3.63) is 36.4 Å². The first kappa shape index (κ1) is 7.98. The number of benzene rings is 1. The van der Waals surface area contributed by atoms with Crippen LogP contribution in [0, 0.1) is 5.95 Å². The minimum Gasteiger partial charge on any atom is -0.497 e. The molecule has 0 spiro atoms. The Morgan fingerprint density at radius 2 is 2.15 bits per heavy atom. The molecular formula is C10H8FNO. The highest BCUT2D eigenvalue weighted by Gasteiger charge is 2.01. The van der Waals surface area contributed by atoms with Crippen LogP contribution in [0.4, 0.5) is 4.39 Å². The molecule has 0 aliphatic carbocycles. The number of nitrogens with zero attached hydrogens (tertiary/aromatic N) is 1. The van der Waals surface area contributed by atoms with Gasteiger partial charge >= 0.3 is 0 Å². The number of fused-ring (bicyclic) bond motifs is 1. The van der Waals surface area contributed by atoms with Gasteiger partial charge in [-0.05, 0) is 23.6 Å². The molecule has 2 rings (SSSR count). The highest BCUT2D eigenvalue weighted by Crippen LogP contribution is 2.21. The van der Waals surface area contributed by atoms with Gasteiger partial charge in [0.15, 0.2) is 0 Å². The number of halogens is 1. The third kappa shape index (κ3) is 1.33. The summed E-state index contributed by atoms with van der Waals surface area (Å²) in [6.45, 7) is 0. The summed E-state index contributed by atoms with van der Waals surface area (Å²) in [5.74, 6) is 0.177. The zero-order chi connectivity index (χ0) is 9.26. The van der Waals surface area contributed by atoms with E-state index in [0.29, 0.717) is 11.1 Å². The summed E-state index contributed by atoms with van der Waals surface area (Å²) in [5, 5.41) is 1.31. The molecular weight excluding hydrogens is 169 g/mol. The Hall–Kier alpha value is -1.64. The van der Waals surface area contributed by atoms with Gasteiger partial charge in [-0.3, -0.25) is 0 Å². The Bertz CT molecular complexity index is 442. The van der Waals surface area contributed by atoms with Crippen LogP contribution in [-0.2, 0) is 0 Å². The lowest BCUT2D eigenvalue weighted by atomic mass is 10.2. The van der Waals surface area contributed by atoms with Crippen LogP contribution in [0.15, 0.2) is 30.5 Å². The Labute approximate surface area is 75.0 Å². The summed E-state index contributed by atoms with van der Waals surface area (Å²) < 4.78 is 18.1. The predicted octanol–water partition coefficient (Wildman–Crippen LogP) is 2.38. The molecule has 1 aromatic heterocycles. The highest BCUT2D eigenvalue weighted by molar-refractivity contribution is 5.83. The summed E-state index contributed by atoms with van der Waals surface area (Å²) in [7, 11) is 1.55. The van der Waals surface area contributed by atoms with E-state index in [1.54, 1.807) is 31.4 Å². The van der Waals surface area contributed by atoms with E-state index in [1.165, 1.54) is 6.20 Å². The molecule has 0 aliphatic rings. The minimum absolute atomic E-state index is 0.462. The monoisotopic (exact) mass is 177 g/mol. The van der Waals surface area contributed by atoms with Crippen molar-refractivity contribution in [3.8, 4) is 5.75 Å². The summed E-state index contributed by atoms with van der Waals surface area (Å²) >= 11 is 0. The van der Waals surface area contributed by atoms with Crippen molar-refractivity contribution in [2.24, 2.45) is 0 Å². The van der Waals surface area contributed by atoms with Crippen LogP contribution in [0.25, 0.3) is 10.8 Å².